The number of carbonyl (C=O) groups excluding carboxylic acids is 2. The lowest BCUT2D eigenvalue weighted by molar-refractivity contribution is -0.123. The molecule has 9 nitrogen and oxygen atoms in total. The number of hydrogen-bond donors (Lipinski definition) is 1. The molecule has 9 heteroatoms. The van der Waals surface area contributed by atoms with Gasteiger partial charge in [0.1, 0.15) is 11.5 Å². The van der Waals surface area contributed by atoms with Crippen molar-refractivity contribution in [1.82, 2.24) is 5.43 Å². The lowest BCUT2D eigenvalue weighted by atomic mass is 10.1. The minimum Gasteiger partial charge on any atom is -0.493 e. The predicted octanol–water partition coefficient (Wildman–Crippen LogP) is 4.08. The fourth-order valence-electron chi connectivity index (χ4n) is 3.35. The number of para-hydroxylation sites is 1. The maximum absolute atomic E-state index is 12.8. The molecule has 0 saturated heterocycles. The Balaban J connectivity index is 1.66. The van der Waals surface area contributed by atoms with Crippen LogP contribution in [-0.2, 0) is 4.79 Å². The zero-order valence-corrected chi connectivity index (χ0v) is 20.8. The van der Waals surface area contributed by atoms with Crippen LogP contribution in [0.15, 0.2) is 59.7 Å². The maximum Gasteiger partial charge on any atom is 0.343 e. The van der Waals surface area contributed by atoms with E-state index < -0.39 is 11.9 Å². The van der Waals surface area contributed by atoms with Crippen LogP contribution in [0.4, 0.5) is 0 Å². The molecule has 188 valence electrons. The van der Waals surface area contributed by atoms with Crippen molar-refractivity contribution in [3.05, 3.63) is 76.9 Å². The van der Waals surface area contributed by atoms with Gasteiger partial charge in [0.2, 0.25) is 5.75 Å². The van der Waals surface area contributed by atoms with E-state index in [0.717, 1.165) is 11.1 Å². The molecule has 0 aliphatic carbocycles. The number of methoxy groups -OCH3 is 3. The van der Waals surface area contributed by atoms with Crippen LogP contribution in [0.25, 0.3) is 0 Å². The lowest BCUT2D eigenvalue weighted by Crippen LogP contribution is -2.24. The number of benzene rings is 3. The first-order valence-corrected chi connectivity index (χ1v) is 11.0. The van der Waals surface area contributed by atoms with Gasteiger partial charge in [-0.15, -0.1) is 0 Å². The molecule has 3 aromatic carbocycles. The van der Waals surface area contributed by atoms with Crippen molar-refractivity contribution in [2.24, 2.45) is 5.10 Å². The van der Waals surface area contributed by atoms with Crippen molar-refractivity contribution in [2.75, 3.05) is 27.9 Å². The van der Waals surface area contributed by atoms with Crippen LogP contribution in [0.2, 0.25) is 0 Å². The summed E-state index contributed by atoms with van der Waals surface area (Å²) in [5, 5.41) is 3.96. The summed E-state index contributed by atoms with van der Waals surface area (Å²) in [7, 11) is 4.39. The summed E-state index contributed by atoms with van der Waals surface area (Å²) in [6.07, 6.45) is 1.38. The highest BCUT2D eigenvalue weighted by Gasteiger charge is 2.19. The lowest BCUT2D eigenvalue weighted by Gasteiger charge is -2.14. The average Bonchev–Trinajstić information content (AvgIpc) is 2.88. The van der Waals surface area contributed by atoms with Crippen LogP contribution in [0.5, 0.6) is 28.7 Å². The topological polar surface area (TPSA) is 105 Å². The molecule has 3 rings (SSSR count). The highest BCUT2D eigenvalue weighted by molar-refractivity contribution is 5.94. The second kappa shape index (κ2) is 12.3. The largest absolute Gasteiger partial charge is 0.493 e. The summed E-state index contributed by atoms with van der Waals surface area (Å²) < 4.78 is 27.0. The number of carbonyl (C=O) groups is 2. The molecule has 0 aromatic heterocycles. The number of hydrogen-bond acceptors (Lipinski definition) is 8. The summed E-state index contributed by atoms with van der Waals surface area (Å²) in [6, 6.07) is 15.5. The maximum atomic E-state index is 12.8. The van der Waals surface area contributed by atoms with E-state index in [1.807, 2.05) is 32.0 Å². The van der Waals surface area contributed by atoms with E-state index in [1.165, 1.54) is 39.7 Å². The molecule has 0 unspecified atom stereocenters. The number of aryl methyl sites for hydroxylation is 2. The van der Waals surface area contributed by atoms with Crippen LogP contribution in [-0.4, -0.2) is 46.0 Å². The van der Waals surface area contributed by atoms with Gasteiger partial charge in [0.05, 0.1) is 33.1 Å². The molecular formula is C27H28N2O7. The van der Waals surface area contributed by atoms with Crippen molar-refractivity contribution in [3.63, 3.8) is 0 Å². The van der Waals surface area contributed by atoms with E-state index in [9.17, 15) is 9.59 Å². The van der Waals surface area contributed by atoms with Crippen LogP contribution in [0.1, 0.15) is 27.0 Å². The number of nitrogens with zero attached hydrogens (tertiary/aromatic N) is 1. The second-order valence-corrected chi connectivity index (χ2v) is 7.69. The van der Waals surface area contributed by atoms with Gasteiger partial charge in [-0.2, -0.15) is 5.10 Å². The van der Waals surface area contributed by atoms with Crippen molar-refractivity contribution in [3.8, 4) is 28.7 Å². The zero-order valence-electron chi connectivity index (χ0n) is 20.8. The number of nitrogens with one attached hydrogen (secondary N) is 1. The molecule has 0 aliphatic heterocycles. The summed E-state index contributed by atoms with van der Waals surface area (Å²) in [5.74, 6) is 0.818. The first-order valence-electron chi connectivity index (χ1n) is 11.0. The third-order valence-electron chi connectivity index (χ3n) is 5.10. The van der Waals surface area contributed by atoms with E-state index in [2.05, 4.69) is 10.5 Å². The van der Waals surface area contributed by atoms with Crippen molar-refractivity contribution >= 4 is 18.1 Å². The van der Waals surface area contributed by atoms with E-state index in [4.69, 9.17) is 23.7 Å². The Kier molecular flexibility index (Phi) is 8.88. The molecule has 1 amide bonds. The van der Waals surface area contributed by atoms with Gasteiger partial charge in [0, 0.05) is 5.56 Å². The highest BCUT2D eigenvalue weighted by Crippen LogP contribution is 2.38. The molecule has 3 aromatic rings. The quantitative estimate of drug-likeness (QED) is 0.197. The first kappa shape index (κ1) is 26.1. The summed E-state index contributed by atoms with van der Waals surface area (Å²) in [6.45, 7) is 3.70. The molecule has 0 heterocycles. The van der Waals surface area contributed by atoms with Crippen molar-refractivity contribution in [1.29, 1.82) is 0 Å². The van der Waals surface area contributed by atoms with Crippen molar-refractivity contribution < 1.29 is 33.3 Å². The fourth-order valence-corrected chi connectivity index (χ4v) is 3.35. The van der Waals surface area contributed by atoms with Gasteiger partial charge >= 0.3 is 5.97 Å². The number of amides is 1. The van der Waals surface area contributed by atoms with Gasteiger partial charge in [0.25, 0.3) is 5.91 Å². The molecule has 0 bridgehead atoms. The monoisotopic (exact) mass is 492 g/mol. The van der Waals surface area contributed by atoms with Gasteiger partial charge in [-0.1, -0.05) is 29.8 Å². The Labute approximate surface area is 209 Å². The SMILES string of the molecule is COc1cc(C(=O)Oc2ccccc2/C=N/NC(=O)COc2ccc(C)cc2C)cc(OC)c1OC. The van der Waals surface area contributed by atoms with Crippen LogP contribution in [0.3, 0.4) is 0 Å². The number of esters is 1. The van der Waals surface area contributed by atoms with Gasteiger partial charge < -0.3 is 23.7 Å². The Bertz CT molecular complexity index is 1250. The Morgan fingerprint density at radius 1 is 0.861 bits per heavy atom. The van der Waals surface area contributed by atoms with Gasteiger partial charge in [0.15, 0.2) is 18.1 Å². The smallest absolute Gasteiger partial charge is 0.343 e. The Morgan fingerprint density at radius 2 is 1.56 bits per heavy atom. The zero-order chi connectivity index (χ0) is 26.1. The number of rotatable bonds is 10. The minimum absolute atomic E-state index is 0.195. The molecule has 0 spiro atoms. The van der Waals surface area contributed by atoms with Crippen LogP contribution < -0.4 is 29.1 Å². The molecule has 0 aliphatic rings. The van der Waals surface area contributed by atoms with Crippen LogP contribution in [0, 0.1) is 13.8 Å². The fraction of sp³-hybridized carbons (Fsp3) is 0.222. The normalized spacial score (nSPS) is 10.6. The molecule has 0 saturated carbocycles. The van der Waals surface area contributed by atoms with Gasteiger partial charge in [-0.3, -0.25) is 4.79 Å². The number of ether oxygens (including phenoxy) is 5. The molecule has 1 N–H and O–H groups in total. The van der Waals surface area contributed by atoms with Gasteiger partial charge in [-0.05, 0) is 49.7 Å². The van der Waals surface area contributed by atoms with Gasteiger partial charge in [-0.25, -0.2) is 10.2 Å². The predicted molar refractivity (Wildman–Crippen MR) is 135 cm³/mol. The number of hydrazone groups is 1. The third kappa shape index (κ3) is 6.53. The Hall–Kier alpha value is -4.53. The van der Waals surface area contributed by atoms with Crippen LogP contribution >= 0.6 is 0 Å². The van der Waals surface area contributed by atoms with E-state index >= 15 is 0 Å². The Morgan fingerprint density at radius 3 is 2.19 bits per heavy atom. The summed E-state index contributed by atoms with van der Waals surface area (Å²) in [5.41, 5.74) is 5.14. The highest BCUT2D eigenvalue weighted by atomic mass is 16.5. The molecule has 0 fully saturated rings. The standard InChI is InChI=1S/C27H28N2O7/c1-17-10-11-21(18(2)12-17)35-16-25(30)29-28-15-19-8-6-7-9-22(19)36-27(31)20-13-23(32-3)26(34-5)24(14-20)33-4/h6-15H,16H2,1-5H3,(H,29,30)/b28-15+. The van der Waals surface area contributed by atoms with Crippen molar-refractivity contribution in [2.45, 2.75) is 13.8 Å². The molecule has 0 radical (unpaired) electrons. The second-order valence-electron chi connectivity index (χ2n) is 7.69. The summed E-state index contributed by atoms with van der Waals surface area (Å²) in [4.78, 5) is 25.0. The van der Waals surface area contributed by atoms with E-state index in [-0.39, 0.29) is 17.9 Å². The average molecular weight is 493 g/mol. The van der Waals surface area contributed by atoms with E-state index in [0.29, 0.717) is 28.6 Å². The molecule has 36 heavy (non-hydrogen) atoms. The molecule has 0 atom stereocenters. The van der Waals surface area contributed by atoms with E-state index in [1.54, 1.807) is 24.3 Å². The third-order valence-corrected chi connectivity index (χ3v) is 5.10. The first-order chi connectivity index (χ1) is 17.4. The summed E-state index contributed by atoms with van der Waals surface area (Å²) >= 11 is 0. The molecular weight excluding hydrogens is 464 g/mol. The minimum atomic E-state index is -0.638.